The topological polar surface area (TPSA) is 63.2 Å². The van der Waals surface area contributed by atoms with Crippen LogP contribution in [0.15, 0.2) is 48.5 Å². The molecule has 1 aliphatic heterocycles. The Morgan fingerprint density at radius 3 is 2.69 bits per heavy atom. The number of benzene rings is 2. The molecule has 29 heavy (non-hydrogen) atoms. The van der Waals surface area contributed by atoms with E-state index < -0.39 is 6.10 Å². The van der Waals surface area contributed by atoms with Gasteiger partial charge in [0.25, 0.3) is 0 Å². The summed E-state index contributed by atoms with van der Waals surface area (Å²) < 4.78 is 27.2. The molecular formula is C23H26O6. The maximum absolute atomic E-state index is 12.0. The van der Waals surface area contributed by atoms with Gasteiger partial charge in [-0.2, -0.15) is 0 Å². The largest absolute Gasteiger partial charge is 0.490 e. The minimum Gasteiger partial charge on any atom is -0.490 e. The molecule has 0 amide bonds. The molecule has 2 aromatic carbocycles. The maximum Gasteiger partial charge on any atom is 0.335 e. The van der Waals surface area contributed by atoms with Crippen molar-refractivity contribution in [2.24, 2.45) is 0 Å². The van der Waals surface area contributed by atoms with Crippen LogP contribution in [0.1, 0.15) is 25.0 Å². The molecule has 0 fully saturated rings. The number of hydrogen-bond acceptors (Lipinski definition) is 6. The molecule has 0 saturated heterocycles. The van der Waals surface area contributed by atoms with Crippen LogP contribution in [-0.4, -0.2) is 38.7 Å². The summed E-state index contributed by atoms with van der Waals surface area (Å²) in [6.07, 6.45) is 3.76. The average Bonchev–Trinajstić information content (AvgIpc) is 3.22. The summed E-state index contributed by atoms with van der Waals surface area (Å²) in [6.45, 7) is 5.12. The molecule has 0 aliphatic carbocycles. The number of fused-ring (bicyclic) bond motifs is 1. The van der Waals surface area contributed by atoms with E-state index in [2.05, 4.69) is 0 Å². The van der Waals surface area contributed by atoms with Gasteiger partial charge in [-0.05, 0) is 43.7 Å². The molecule has 154 valence electrons. The standard InChI is InChI=1S/C23H26O6/c1-3-25-21(23(24)26-4-2)15-17-10-12-19(13-11-17)27-14-6-8-18-7-5-9-20-22(18)29-16-28-20/h5-13,21H,3-4,14-16H2,1-2H3/b8-6+. The first-order chi connectivity index (χ1) is 14.2. The Balaban J connectivity index is 1.51. The number of ether oxygens (including phenoxy) is 5. The molecule has 1 aliphatic rings. The van der Waals surface area contributed by atoms with Crippen LogP contribution >= 0.6 is 0 Å². The number of para-hydroxylation sites is 1. The second kappa shape index (κ2) is 10.5. The van der Waals surface area contributed by atoms with Gasteiger partial charge in [0.15, 0.2) is 17.6 Å². The van der Waals surface area contributed by atoms with Gasteiger partial charge in [-0.3, -0.25) is 0 Å². The lowest BCUT2D eigenvalue weighted by atomic mass is 10.1. The number of rotatable bonds is 10. The number of carbonyl (C=O) groups is 1. The summed E-state index contributed by atoms with van der Waals surface area (Å²) in [6, 6.07) is 13.4. The van der Waals surface area contributed by atoms with Gasteiger partial charge in [0.2, 0.25) is 6.79 Å². The van der Waals surface area contributed by atoms with Crippen LogP contribution in [0.4, 0.5) is 0 Å². The van der Waals surface area contributed by atoms with Crippen molar-refractivity contribution in [1.29, 1.82) is 0 Å². The minimum atomic E-state index is -0.589. The van der Waals surface area contributed by atoms with Crippen LogP contribution in [0.3, 0.4) is 0 Å². The van der Waals surface area contributed by atoms with E-state index >= 15 is 0 Å². The van der Waals surface area contributed by atoms with E-state index in [1.807, 2.05) is 61.5 Å². The van der Waals surface area contributed by atoms with Crippen molar-refractivity contribution in [3.63, 3.8) is 0 Å². The van der Waals surface area contributed by atoms with E-state index in [0.29, 0.717) is 26.2 Å². The average molecular weight is 398 g/mol. The zero-order valence-corrected chi connectivity index (χ0v) is 16.8. The van der Waals surface area contributed by atoms with Crippen LogP contribution < -0.4 is 14.2 Å². The number of esters is 1. The summed E-state index contributed by atoms with van der Waals surface area (Å²) >= 11 is 0. The van der Waals surface area contributed by atoms with Crippen LogP contribution in [0.5, 0.6) is 17.2 Å². The van der Waals surface area contributed by atoms with Crippen LogP contribution in [-0.2, 0) is 20.7 Å². The molecular weight excluding hydrogens is 372 g/mol. The number of hydrogen-bond donors (Lipinski definition) is 0. The highest BCUT2D eigenvalue weighted by Gasteiger charge is 2.20. The predicted molar refractivity (Wildman–Crippen MR) is 109 cm³/mol. The summed E-state index contributed by atoms with van der Waals surface area (Å²) in [5.74, 6) is 1.94. The van der Waals surface area contributed by atoms with Gasteiger partial charge < -0.3 is 23.7 Å². The zero-order chi connectivity index (χ0) is 20.5. The second-order valence-electron chi connectivity index (χ2n) is 6.34. The molecule has 0 spiro atoms. The van der Waals surface area contributed by atoms with Crippen molar-refractivity contribution >= 4 is 12.0 Å². The summed E-state index contributed by atoms with van der Waals surface area (Å²) in [5.41, 5.74) is 1.94. The van der Waals surface area contributed by atoms with Gasteiger partial charge in [0.05, 0.1) is 6.61 Å². The molecule has 3 rings (SSSR count). The lowest BCUT2D eigenvalue weighted by Gasteiger charge is -2.15. The van der Waals surface area contributed by atoms with Crippen LogP contribution in [0.25, 0.3) is 6.08 Å². The fraction of sp³-hybridized carbons (Fsp3) is 0.348. The van der Waals surface area contributed by atoms with Crippen molar-refractivity contribution in [3.8, 4) is 17.2 Å². The maximum atomic E-state index is 12.0. The van der Waals surface area contributed by atoms with Gasteiger partial charge >= 0.3 is 5.97 Å². The van der Waals surface area contributed by atoms with E-state index in [9.17, 15) is 4.79 Å². The fourth-order valence-electron chi connectivity index (χ4n) is 2.99. The SMILES string of the molecule is CCOC(=O)C(Cc1ccc(OC/C=C/c2cccc3c2OCO3)cc1)OCC. The Bertz CT molecular complexity index is 828. The number of carbonyl (C=O) groups excluding carboxylic acids is 1. The highest BCUT2D eigenvalue weighted by atomic mass is 16.7. The Morgan fingerprint density at radius 1 is 1.10 bits per heavy atom. The van der Waals surface area contributed by atoms with Gasteiger partial charge in [-0.1, -0.05) is 30.3 Å². The molecule has 0 aromatic heterocycles. The monoisotopic (exact) mass is 398 g/mol. The molecule has 0 radical (unpaired) electrons. The third-order valence-electron chi connectivity index (χ3n) is 4.33. The first kappa shape index (κ1) is 20.7. The second-order valence-corrected chi connectivity index (χ2v) is 6.34. The fourth-order valence-corrected chi connectivity index (χ4v) is 2.99. The van der Waals surface area contributed by atoms with E-state index in [1.165, 1.54) is 0 Å². The van der Waals surface area contributed by atoms with Crippen molar-refractivity contribution in [2.45, 2.75) is 26.4 Å². The zero-order valence-electron chi connectivity index (χ0n) is 16.8. The van der Waals surface area contributed by atoms with Crippen LogP contribution in [0.2, 0.25) is 0 Å². The quantitative estimate of drug-likeness (QED) is 0.564. The molecule has 0 saturated carbocycles. The van der Waals surface area contributed by atoms with Crippen molar-refractivity contribution in [3.05, 3.63) is 59.7 Å². The molecule has 6 nitrogen and oxygen atoms in total. The third-order valence-corrected chi connectivity index (χ3v) is 4.33. The van der Waals surface area contributed by atoms with E-state index in [4.69, 9.17) is 23.7 Å². The van der Waals surface area contributed by atoms with Gasteiger partial charge in [-0.15, -0.1) is 0 Å². The lowest BCUT2D eigenvalue weighted by Crippen LogP contribution is -2.28. The van der Waals surface area contributed by atoms with Gasteiger partial charge in [0.1, 0.15) is 12.4 Å². The summed E-state index contributed by atoms with van der Waals surface area (Å²) in [7, 11) is 0. The first-order valence-corrected chi connectivity index (χ1v) is 9.76. The molecule has 1 unspecified atom stereocenters. The Labute approximate surface area is 171 Å². The summed E-state index contributed by atoms with van der Waals surface area (Å²) in [4.78, 5) is 12.0. The van der Waals surface area contributed by atoms with Crippen LogP contribution in [0, 0.1) is 0 Å². The Hall–Kier alpha value is -2.99. The normalized spacial score (nSPS) is 13.4. The van der Waals surface area contributed by atoms with E-state index in [-0.39, 0.29) is 12.8 Å². The molecule has 1 atom stereocenters. The highest BCUT2D eigenvalue weighted by molar-refractivity contribution is 5.75. The highest BCUT2D eigenvalue weighted by Crippen LogP contribution is 2.35. The molecule has 6 heteroatoms. The smallest absolute Gasteiger partial charge is 0.335 e. The first-order valence-electron chi connectivity index (χ1n) is 9.76. The predicted octanol–water partition coefficient (Wildman–Crippen LogP) is 4.02. The molecule has 1 heterocycles. The van der Waals surface area contributed by atoms with Crippen molar-refractivity contribution < 1.29 is 28.5 Å². The van der Waals surface area contributed by atoms with E-state index in [0.717, 1.165) is 28.4 Å². The molecule has 2 aromatic rings. The van der Waals surface area contributed by atoms with Gasteiger partial charge in [0, 0.05) is 18.6 Å². The van der Waals surface area contributed by atoms with Crippen molar-refractivity contribution in [2.75, 3.05) is 26.6 Å². The molecule has 0 N–H and O–H groups in total. The van der Waals surface area contributed by atoms with Gasteiger partial charge in [-0.25, -0.2) is 4.79 Å². The Morgan fingerprint density at radius 2 is 1.93 bits per heavy atom. The summed E-state index contributed by atoms with van der Waals surface area (Å²) in [5, 5.41) is 0. The third kappa shape index (κ3) is 5.74. The van der Waals surface area contributed by atoms with Crippen molar-refractivity contribution in [1.82, 2.24) is 0 Å². The van der Waals surface area contributed by atoms with E-state index in [1.54, 1.807) is 6.92 Å². The lowest BCUT2D eigenvalue weighted by molar-refractivity contribution is -0.156. The molecule has 0 bridgehead atoms. The Kier molecular flexibility index (Phi) is 7.53. The minimum absolute atomic E-state index is 0.253.